The van der Waals surface area contributed by atoms with Crippen molar-refractivity contribution in [2.75, 3.05) is 19.3 Å². The van der Waals surface area contributed by atoms with E-state index in [1.54, 1.807) is 24.3 Å². The van der Waals surface area contributed by atoms with Gasteiger partial charge in [-0.2, -0.15) is 5.26 Å². The van der Waals surface area contributed by atoms with E-state index in [1.807, 2.05) is 6.07 Å². The summed E-state index contributed by atoms with van der Waals surface area (Å²) in [5.41, 5.74) is 1.10. The lowest BCUT2D eigenvalue weighted by Gasteiger charge is -2.30. The lowest BCUT2D eigenvalue weighted by atomic mass is 9.88. The molecule has 24 heavy (non-hydrogen) atoms. The van der Waals surface area contributed by atoms with Crippen LogP contribution >= 0.6 is 0 Å². The Morgan fingerprint density at radius 2 is 2.21 bits per heavy atom. The summed E-state index contributed by atoms with van der Waals surface area (Å²) in [5, 5.41) is 9.43. The Kier molecular flexibility index (Phi) is 4.39. The van der Waals surface area contributed by atoms with Crippen LogP contribution in [0.1, 0.15) is 24.7 Å². The largest absolute Gasteiger partial charge is 0.439 e. The molecule has 8 heteroatoms. The number of ketones is 1. The average Bonchev–Trinajstić information content (AvgIpc) is 2.98. The first-order valence-corrected chi connectivity index (χ1v) is 9.49. The fourth-order valence-electron chi connectivity index (χ4n) is 2.97. The van der Waals surface area contributed by atoms with Crippen molar-refractivity contribution in [2.45, 2.75) is 18.8 Å². The monoisotopic (exact) mass is 347 g/mol. The van der Waals surface area contributed by atoms with E-state index >= 15 is 0 Å². The first kappa shape index (κ1) is 16.6. The summed E-state index contributed by atoms with van der Waals surface area (Å²) in [4.78, 5) is 17.0. The number of hydrogen-bond acceptors (Lipinski definition) is 6. The molecule has 0 aliphatic carbocycles. The van der Waals surface area contributed by atoms with Crippen molar-refractivity contribution in [3.05, 3.63) is 30.2 Å². The van der Waals surface area contributed by atoms with Gasteiger partial charge in [-0.1, -0.05) is 12.1 Å². The highest BCUT2D eigenvalue weighted by Crippen LogP contribution is 2.28. The Morgan fingerprint density at radius 3 is 2.88 bits per heavy atom. The molecule has 2 atom stereocenters. The molecule has 2 heterocycles. The smallest absolute Gasteiger partial charge is 0.220 e. The molecule has 1 aliphatic rings. The van der Waals surface area contributed by atoms with E-state index in [0.717, 1.165) is 6.26 Å². The molecule has 0 amide bonds. The number of nitrogens with zero attached hydrogens (tertiary/aromatic N) is 3. The first-order chi connectivity index (χ1) is 11.4. The van der Waals surface area contributed by atoms with Crippen LogP contribution in [0.2, 0.25) is 0 Å². The van der Waals surface area contributed by atoms with E-state index in [4.69, 9.17) is 4.42 Å². The summed E-state index contributed by atoms with van der Waals surface area (Å²) in [6.45, 7) is 0.513. The third kappa shape index (κ3) is 3.18. The van der Waals surface area contributed by atoms with E-state index in [-0.39, 0.29) is 18.2 Å². The van der Waals surface area contributed by atoms with E-state index in [2.05, 4.69) is 4.98 Å². The van der Waals surface area contributed by atoms with Gasteiger partial charge < -0.3 is 4.42 Å². The molecular weight excluding hydrogens is 330 g/mol. The second kappa shape index (κ2) is 6.34. The topological polar surface area (TPSA) is 104 Å². The third-order valence-electron chi connectivity index (χ3n) is 4.23. The third-order valence-corrected chi connectivity index (χ3v) is 5.50. The Hall–Kier alpha value is -2.24. The minimum absolute atomic E-state index is 0.0696. The molecule has 2 aromatic rings. The van der Waals surface area contributed by atoms with Crippen LogP contribution in [0.15, 0.2) is 28.7 Å². The molecule has 7 nitrogen and oxygen atoms in total. The summed E-state index contributed by atoms with van der Waals surface area (Å²) >= 11 is 0. The number of sulfonamides is 1. The molecule has 1 saturated heterocycles. The second-order valence-electron chi connectivity index (χ2n) is 5.94. The summed E-state index contributed by atoms with van der Waals surface area (Å²) in [5.74, 6) is -1.91. The molecule has 0 N–H and O–H groups in total. The number of rotatable bonds is 4. The fraction of sp³-hybridized carbons (Fsp3) is 0.438. The van der Waals surface area contributed by atoms with E-state index in [1.165, 1.54) is 4.31 Å². The molecule has 0 spiro atoms. The van der Waals surface area contributed by atoms with Crippen molar-refractivity contribution in [1.29, 1.82) is 5.26 Å². The van der Waals surface area contributed by atoms with Crippen molar-refractivity contribution < 1.29 is 17.6 Å². The maximum Gasteiger partial charge on any atom is 0.220 e. The zero-order chi connectivity index (χ0) is 17.3. The second-order valence-corrected chi connectivity index (χ2v) is 7.93. The van der Waals surface area contributed by atoms with Gasteiger partial charge in [-0.05, 0) is 25.0 Å². The Morgan fingerprint density at radius 1 is 1.46 bits per heavy atom. The lowest BCUT2D eigenvalue weighted by Crippen LogP contribution is -2.42. The quantitative estimate of drug-likeness (QED) is 0.833. The highest BCUT2D eigenvalue weighted by atomic mass is 32.2. The molecule has 0 radical (unpaired) electrons. The number of hydrogen-bond donors (Lipinski definition) is 0. The van der Waals surface area contributed by atoms with E-state index in [0.29, 0.717) is 30.5 Å². The number of carbonyl (C=O) groups excluding carboxylic acids is 1. The Bertz CT molecular complexity index is 880. The van der Waals surface area contributed by atoms with Gasteiger partial charge in [-0.15, -0.1) is 0 Å². The number of Topliss-reactive ketones (excluding diaryl/α,β-unsaturated/α-hetero) is 1. The number of benzene rings is 1. The van der Waals surface area contributed by atoms with Gasteiger partial charge in [-0.3, -0.25) is 4.79 Å². The predicted octanol–water partition coefficient (Wildman–Crippen LogP) is 1.68. The van der Waals surface area contributed by atoms with Crippen LogP contribution in [0.3, 0.4) is 0 Å². The number of oxazole rings is 1. The van der Waals surface area contributed by atoms with Crippen LogP contribution < -0.4 is 0 Å². The van der Waals surface area contributed by atoms with Gasteiger partial charge in [0.2, 0.25) is 15.9 Å². The maximum atomic E-state index is 12.7. The van der Waals surface area contributed by atoms with Gasteiger partial charge in [0.25, 0.3) is 0 Å². The molecule has 3 rings (SSSR count). The molecule has 2 unspecified atom stereocenters. The number of piperidine rings is 1. The zero-order valence-corrected chi connectivity index (χ0v) is 14.0. The van der Waals surface area contributed by atoms with Crippen molar-refractivity contribution in [1.82, 2.24) is 9.29 Å². The van der Waals surface area contributed by atoms with Crippen LogP contribution in [0.5, 0.6) is 0 Å². The summed E-state index contributed by atoms with van der Waals surface area (Å²) in [6.07, 6.45) is 2.28. The lowest BCUT2D eigenvalue weighted by molar-refractivity contribution is -0.124. The minimum atomic E-state index is -3.35. The molecule has 0 saturated carbocycles. The summed E-state index contributed by atoms with van der Waals surface area (Å²) < 4.78 is 30.2. The average molecular weight is 347 g/mol. The minimum Gasteiger partial charge on any atom is -0.439 e. The molecule has 1 fully saturated rings. The molecule has 1 aliphatic heterocycles. The Labute approximate surface area is 139 Å². The highest BCUT2D eigenvalue weighted by molar-refractivity contribution is 7.88. The number of nitriles is 1. The van der Waals surface area contributed by atoms with Gasteiger partial charge in [-0.25, -0.2) is 17.7 Å². The zero-order valence-electron chi connectivity index (χ0n) is 13.2. The van der Waals surface area contributed by atoms with E-state index in [9.17, 15) is 18.5 Å². The van der Waals surface area contributed by atoms with Gasteiger partial charge in [0.1, 0.15) is 5.52 Å². The summed E-state index contributed by atoms with van der Waals surface area (Å²) in [7, 11) is -3.35. The standard InChI is InChI=1S/C16H17N3O4S/c1-24(21,22)19-8-4-5-11(10-19)15(20)12(9-17)16-18-13-6-2-3-7-14(13)23-16/h2-3,6-7,11-12H,4-5,8,10H2,1H3. The summed E-state index contributed by atoms with van der Waals surface area (Å²) in [6, 6.07) is 9.00. The highest BCUT2D eigenvalue weighted by Gasteiger charge is 2.36. The maximum absolute atomic E-state index is 12.7. The van der Waals surface area contributed by atoms with Crippen LogP contribution in [0, 0.1) is 17.2 Å². The van der Waals surface area contributed by atoms with Crippen molar-refractivity contribution in [2.24, 2.45) is 5.92 Å². The molecule has 1 aromatic carbocycles. The molecule has 126 valence electrons. The van der Waals surface area contributed by atoms with Crippen LogP contribution in [-0.4, -0.2) is 42.8 Å². The van der Waals surface area contributed by atoms with Gasteiger partial charge in [0.15, 0.2) is 17.3 Å². The molecular formula is C16H17N3O4S. The van der Waals surface area contributed by atoms with Gasteiger partial charge >= 0.3 is 0 Å². The van der Waals surface area contributed by atoms with Crippen molar-refractivity contribution in [3.63, 3.8) is 0 Å². The van der Waals surface area contributed by atoms with Crippen molar-refractivity contribution >= 4 is 26.9 Å². The predicted molar refractivity (Wildman–Crippen MR) is 86.5 cm³/mol. The number of aromatic nitrogens is 1. The SMILES string of the molecule is CS(=O)(=O)N1CCCC(C(=O)C(C#N)c2nc3ccccc3o2)C1. The van der Waals surface area contributed by atoms with Crippen LogP contribution in [0.25, 0.3) is 11.1 Å². The van der Waals surface area contributed by atoms with E-state index < -0.39 is 21.9 Å². The van der Waals surface area contributed by atoms with Gasteiger partial charge in [0.05, 0.1) is 12.3 Å². The molecule has 0 bridgehead atoms. The van der Waals surface area contributed by atoms with Crippen LogP contribution in [0.4, 0.5) is 0 Å². The Balaban J connectivity index is 1.85. The number of carbonyl (C=O) groups is 1. The van der Waals surface area contributed by atoms with Crippen LogP contribution in [-0.2, 0) is 14.8 Å². The molecule has 1 aromatic heterocycles. The van der Waals surface area contributed by atoms with Crippen molar-refractivity contribution in [3.8, 4) is 6.07 Å². The number of para-hydroxylation sites is 2. The number of fused-ring (bicyclic) bond motifs is 1. The first-order valence-electron chi connectivity index (χ1n) is 7.64. The fourth-order valence-corrected chi connectivity index (χ4v) is 3.88. The van der Waals surface area contributed by atoms with Gasteiger partial charge in [0, 0.05) is 19.0 Å². The normalized spacial score (nSPS) is 20.6.